The molecule has 5 nitrogen and oxygen atoms in total. The van der Waals surface area contributed by atoms with Gasteiger partial charge in [-0.05, 0) is 51.3 Å². The lowest BCUT2D eigenvalue weighted by atomic mass is 9.69. The van der Waals surface area contributed by atoms with Crippen molar-refractivity contribution in [3.63, 3.8) is 0 Å². The third-order valence-corrected chi connectivity index (χ3v) is 5.07. The number of benzene rings is 1. The van der Waals surface area contributed by atoms with Crippen LogP contribution in [0, 0.1) is 0 Å². The van der Waals surface area contributed by atoms with Gasteiger partial charge in [0.15, 0.2) is 0 Å². The van der Waals surface area contributed by atoms with Crippen LogP contribution in [-0.4, -0.2) is 30.6 Å². The Balaban J connectivity index is 1.86. The predicted molar refractivity (Wildman–Crippen MR) is 94.8 cm³/mol. The fourth-order valence-corrected chi connectivity index (χ4v) is 3.78. The Labute approximate surface area is 151 Å². The minimum atomic E-state index is -2.70. The first-order chi connectivity index (χ1) is 11.9. The van der Waals surface area contributed by atoms with Crippen LogP contribution in [0.1, 0.15) is 52.0 Å². The summed E-state index contributed by atoms with van der Waals surface area (Å²) in [5.41, 5.74) is 0.404. The van der Waals surface area contributed by atoms with Crippen LogP contribution in [0.2, 0.25) is 0 Å². The first-order valence-corrected chi connectivity index (χ1v) is 8.74. The molecule has 0 saturated heterocycles. The van der Waals surface area contributed by atoms with Crippen LogP contribution in [0.15, 0.2) is 18.2 Å². The molecule has 142 valence electrons. The van der Waals surface area contributed by atoms with Crippen LogP contribution in [-0.2, 0) is 14.9 Å². The van der Waals surface area contributed by atoms with E-state index < -0.39 is 23.0 Å². The highest BCUT2D eigenvalue weighted by atomic mass is 19.3. The molecule has 1 aliphatic heterocycles. The first-order valence-electron chi connectivity index (χ1n) is 8.74. The van der Waals surface area contributed by atoms with Gasteiger partial charge in [-0.25, -0.2) is 13.6 Å². The number of halogens is 2. The van der Waals surface area contributed by atoms with Gasteiger partial charge in [-0.1, -0.05) is 6.07 Å². The number of carbonyl (C=O) groups is 2. The Bertz CT molecular complexity index is 746. The van der Waals surface area contributed by atoms with E-state index in [4.69, 9.17) is 4.74 Å². The van der Waals surface area contributed by atoms with E-state index in [-0.39, 0.29) is 31.6 Å². The summed E-state index contributed by atoms with van der Waals surface area (Å²) in [6.45, 7) is 5.30. The predicted octanol–water partition coefficient (Wildman–Crippen LogP) is 4.46. The van der Waals surface area contributed by atoms with Crippen LogP contribution in [0.5, 0.6) is 0 Å². The number of rotatable bonds is 1. The van der Waals surface area contributed by atoms with E-state index in [1.165, 1.54) is 4.90 Å². The quantitative estimate of drug-likeness (QED) is 0.798. The minimum absolute atomic E-state index is 0.134. The van der Waals surface area contributed by atoms with Gasteiger partial charge in [0.2, 0.25) is 11.8 Å². The van der Waals surface area contributed by atoms with Gasteiger partial charge in [0.05, 0.1) is 5.41 Å². The summed E-state index contributed by atoms with van der Waals surface area (Å²) >= 11 is 0. The van der Waals surface area contributed by atoms with Crippen LogP contribution >= 0.6 is 0 Å². The molecule has 0 atom stereocenters. The minimum Gasteiger partial charge on any atom is -0.444 e. The Hall–Kier alpha value is -2.18. The zero-order valence-electron chi connectivity index (χ0n) is 15.5. The van der Waals surface area contributed by atoms with Gasteiger partial charge in [0.25, 0.3) is 0 Å². The first kappa shape index (κ1) is 18.6. The molecule has 0 unspecified atom stereocenters. The van der Waals surface area contributed by atoms with Crippen molar-refractivity contribution in [2.24, 2.45) is 0 Å². The Kier molecular flexibility index (Phi) is 4.24. The number of hydrogen-bond donors (Lipinski definition) is 1. The highest BCUT2D eigenvalue weighted by molar-refractivity contribution is 6.08. The molecule has 3 rings (SSSR count). The largest absolute Gasteiger partial charge is 0.444 e. The van der Waals surface area contributed by atoms with Gasteiger partial charge >= 0.3 is 6.09 Å². The maximum atomic E-state index is 13.6. The Morgan fingerprint density at radius 1 is 1.19 bits per heavy atom. The smallest absolute Gasteiger partial charge is 0.412 e. The molecule has 1 heterocycles. The summed E-state index contributed by atoms with van der Waals surface area (Å²) in [5, 5.41) is 2.65. The van der Waals surface area contributed by atoms with Crippen LogP contribution in [0.3, 0.4) is 0 Å². The van der Waals surface area contributed by atoms with Crippen LogP contribution < -0.4 is 10.2 Å². The molecule has 1 N–H and O–H groups in total. The Morgan fingerprint density at radius 3 is 2.38 bits per heavy atom. The molecule has 1 fully saturated rings. The molecule has 2 aliphatic rings. The zero-order valence-corrected chi connectivity index (χ0v) is 15.5. The lowest BCUT2D eigenvalue weighted by Gasteiger charge is -2.36. The summed E-state index contributed by atoms with van der Waals surface area (Å²) in [6.07, 6.45) is -0.894. The summed E-state index contributed by atoms with van der Waals surface area (Å²) in [4.78, 5) is 26.3. The van der Waals surface area contributed by atoms with E-state index >= 15 is 0 Å². The van der Waals surface area contributed by atoms with Crippen molar-refractivity contribution in [3.05, 3.63) is 23.8 Å². The fraction of sp³-hybridized carbons (Fsp3) is 0.579. The highest BCUT2D eigenvalue weighted by Crippen LogP contribution is 2.53. The van der Waals surface area contributed by atoms with E-state index in [1.807, 2.05) is 0 Å². The molecule has 1 aromatic rings. The fourth-order valence-electron chi connectivity index (χ4n) is 3.78. The van der Waals surface area contributed by atoms with Gasteiger partial charge < -0.3 is 9.64 Å². The molecule has 7 heteroatoms. The summed E-state index contributed by atoms with van der Waals surface area (Å²) < 4.78 is 32.4. The zero-order chi connectivity index (χ0) is 19.3. The molecule has 26 heavy (non-hydrogen) atoms. The monoisotopic (exact) mass is 366 g/mol. The third kappa shape index (κ3) is 3.27. The van der Waals surface area contributed by atoms with E-state index in [2.05, 4.69) is 5.32 Å². The average molecular weight is 366 g/mol. The van der Waals surface area contributed by atoms with Crippen molar-refractivity contribution in [2.75, 3.05) is 17.3 Å². The molecule has 1 aromatic carbocycles. The maximum Gasteiger partial charge on any atom is 0.412 e. The second kappa shape index (κ2) is 5.93. The van der Waals surface area contributed by atoms with E-state index in [1.54, 1.807) is 46.0 Å². The standard InChI is InChI=1S/C19H24F2N2O3/c1-17(2,3)26-16(25)22-12-5-6-13-14(11-12)23(4)15(24)18(13)7-9-19(20,21)10-8-18/h5-6,11H,7-10H2,1-4H3,(H,22,25). The highest BCUT2D eigenvalue weighted by Gasteiger charge is 2.54. The lowest BCUT2D eigenvalue weighted by molar-refractivity contribution is -0.127. The molecule has 1 saturated carbocycles. The van der Waals surface area contributed by atoms with Crippen LogP contribution in [0.25, 0.3) is 0 Å². The second-order valence-electron chi connectivity index (χ2n) is 8.16. The third-order valence-electron chi connectivity index (χ3n) is 5.07. The van der Waals surface area contributed by atoms with E-state index in [0.29, 0.717) is 11.4 Å². The van der Waals surface area contributed by atoms with Crippen LogP contribution in [0.4, 0.5) is 25.0 Å². The Morgan fingerprint density at radius 2 is 1.81 bits per heavy atom. The number of likely N-dealkylation sites (N-methyl/N-ethyl adjacent to an activating group) is 1. The van der Waals surface area contributed by atoms with Gasteiger partial charge in [0, 0.05) is 31.3 Å². The maximum absolute atomic E-state index is 13.6. The van der Waals surface area contributed by atoms with Crippen molar-refractivity contribution in [1.82, 2.24) is 0 Å². The number of nitrogens with zero attached hydrogens (tertiary/aromatic N) is 1. The number of ether oxygens (including phenoxy) is 1. The molecule has 1 aliphatic carbocycles. The number of nitrogens with one attached hydrogen (secondary N) is 1. The summed E-state index contributed by atoms with van der Waals surface area (Å²) in [7, 11) is 1.64. The molecule has 2 amide bonds. The van der Waals surface area contributed by atoms with Crippen molar-refractivity contribution in [3.8, 4) is 0 Å². The molecular formula is C19H24F2N2O3. The molecule has 0 bridgehead atoms. The molecular weight excluding hydrogens is 342 g/mol. The van der Waals surface area contributed by atoms with Crippen molar-refractivity contribution in [2.45, 2.75) is 63.4 Å². The number of alkyl halides is 2. The average Bonchev–Trinajstić information content (AvgIpc) is 2.71. The topological polar surface area (TPSA) is 58.6 Å². The normalized spacial score (nSPS) is 20.8. The second-order valence-corrected chi connectivity index (χ2v) is 8.16. The lowest BCUT2D eigenvalue weighted by Crippen LogP contribution is -2.44. The van der Waals surface area contributed by atoms with Crippen molar-refractivity contribution >= 4 is 23.4 Å². The number of hydrogen-bond acceptors (Lipinski definition) is 3. The number of amides is 2. The van der Waals surface area contributed by atoms with E-state index in [9.17, 15) is 18.4 Å². The molecule has 0 aromatic heterocycles. The molecule has 0 radical (unpaired) electrons. The number of anilines is 2. The van der Waals surface area contributed by atoms with Crippen molar-refractivity contribution < 1.29 is 23.1 Å². The van der Waals surface area contributed by atoms with Gasteiger partial charge in [-0.2, -0.15) is 0 Å². The number of carbonyl (C=O) groups excluding carboxylic acids is 2. The number of fused-ring (bicyclic) bond motifs is 2. The molecule has 1 spiro atoms. The summed E-state index contributed by atoms with van der Waals surface area (Å²) in [6, 6.07) is 5.13. The van der Waals surface area contributed by atoms with Gasteiger partial charge in [-0.15, -0.1) is 0 Å². The SMILES string of the molecule is CN1C(=O)C2(CCC(F)(F)CC2)c2ccc(NC(=O)OC(C)(C)C)cc21. The summed E-state index contributed by atoms with van der Waals surface area (Å²) in [5.74, 6) is -2.86. The van der Waals surface area contributed by atoms with Gasteiger partial charge in [0.1, 0.15) is 5.60 Å². The van der Waals surface area contributed by atoms with E-state index in [0.717, 1.165) is 5.56 Å². The van der Waals surface area contributed by atoms with Crippen molar-refractivity contribution in [1.29, 1.82) is 0 Å². The van der Waals surface area contributed by atoms with Gasteiger partial charge in [-0.3, -0.25) is 10.1 Å².